The van der Waals surface area contributed by atoms with Gasteiger partial charge in [-0.05, 0) is 42.0 Å². The lowest BCUT2D eigenvalue weighted by atomic mass is 9.96. The van der Waals surface area contributed by atoms with Gasteiger partial charge in [-0.2, -0.15) is 0 Å². The summed E-state index contributed by atoms with van der Waals surface area (Å²) in [4.78, 5) is 19.4. The van der Waals surface area contributed by atoms with Crippen LogP contribution >= 0.6 is 0 Å². The zero-order chi connectivity index (χ0) is 22.8. The van der Waals surface area contributed by atoms with Crippen LogP contribution in [0.25, 0.3) is 0 Å². The number of carbonyl (C=O) groups is 2. The van der Waals surface area contributed by atoms with Crippen LogP contribution in [0.5, 0.6) is 11.5 Å². The van der Waals surface area contributed by atoms with Crippen molar-refractivity contribution in [2.75, 3.05) is 14.2 Å². The zero-order valence-corrected chi connectivity index (χ0v) is 17.0. The standard InChI is InChI=1S/C16H19NO3.C4H6O6.H2O/c1-19-13-7-3-11(4-8-13)15(17)16(18)12-5-9-14(20-2)10-6-12;5-1(3(7)8)2(6)4(9)10;/h3-10,15-16,18H,17H2,1-2H3;1-2,5-6H,(H,7,8)(H,9,10);1H2/t15-,16+;1-,2-;/m11./s1. The Morgan fingerprint density at radius 2 is 1.23 bits per heavy atom. The second kappa shape index (κ2) is 13.2. The number of hydrogen-bond acceptors (Lipinski definition) is 8. The second-order valence-corrected chi connectivity index (χ2v) is 6.14. The molecule has 2 rings (SSSR count). The number of quaternary nitrogens is 1. The molecule has 0 heterocycles. The molecule has 0 radical (unpaired) electrons. The lowest BCUT2D eigenvalue weighted by molar-refractivity contribution is -0.446. The third-order valence-corrected chi connectivity index (χ3v) is 4.18. The van der Waals surface area contributed by atoms with Crippen molar-refractivity contribution in [2.45, 2.75) is 24.4 Å². The van der Waals surface area contributed by atoms with Crippen LogP contribution in [-0.4, -0.2) is 64.3 Å². The highest BCUT2D eigenvalue weighted by Gasteiger charge is 2.24. The summed E-state index contributed by atoms with van der Waals surface area (Å²) in [6, 6.07) is 14.7. The summed E-state index contributed by atoms with van der Waals surface area (Å²) >= 11 is 0. The molecule has 0 aliphatic rings. The number of rotatable bonds is 8. The Kier molecular flexibility index (Phi) is 11.8. The van der Waals surface area contributed by atoms with E-state index in [1.54, 1.807) is 14.2 Å². The highest BCUT2D eigenvalue weighted by Crippen LogP contribution is 2.27. The van der Waals surface area contributed by atoms with Crippen LogP contribution in [0.3, 0.4) is 0 Å². The maximum Gasteiger partial charge on any atom is 0.335 e. The van der Waals surface area contributed by atoms with E-state index in [1.807, 2.05) is 48.5 Å². The summed E-state index contributed by atoms with van der Waals surface area (Å²) in [5.41, 5.74) is 5.85. The van der Waals surface area contributed by atoms with Crippen molar-refractivity contribution in [3.8, 4) is 11.5 Å². The van der Waals surface area contributed by atoms with E-state index >= 15 is 0 Å². The first-order valence-electron chi connectivity index (χ1n) is 8.71. The molecule has 0 aromatic heterocycles. The van der Waals surface area contributed by atoms with E-state index in [9.17, 15) is 19.8 Å². The normalized spacial score (nSPS) is 13.9. The Morgan fingerprint density at radius 3 is 1.52 bits per heavy atom. The molecule has 4 atom stereocenters. The number of carbonyl (C=O) groups excluding carboxylic acids is 1. The van der Waals surface area contributed by atoms with E-state index in [2.05, 4.69) is 5.73 Å². The predicted molar refractivity (Wildman–Crippen MR) is 105 cm³/mol. The molecule has 0 saturated heterocycles. The van der Waals surface area contributed by atoms with Gasteiger partial charge in [0.1, 0.15) is 29.7 Å². The smallest absolute Gasteiger partial charge is 0.335 e. The monoisotopic (exact) mass is 441 g/mol. The summed E-state index contributed by atoms with van der Waals surface area (Å²) in [5.74, 6) is -2.27. The summed E-state index contributed by atoms with van der Waals surface area (Å²) in [7, 11) is 3.25. The number of carboxylic acid groups (broad SMARTS) is 2. The fourth-order valence-corrected chi connectivity index (χ4v) is 2.33. The highest BCUT2D eigenvalue weighted by atomic mass is 16.5. The van der Waals surface area contributed by atoms with E-state index in [-0.39, 0.29) is 11.5 Å². The first-order valence-corrected chi connectivity index (χ1v) is 8.71. The predicted octanol–water partition coefficient (Wildman–Crippen LogP) is -2.56. The van der Waals surface area contributed by atoms with E-state index in [4.69, 9.17) is 24.8 Å². The average Bonchev–Trinajstić information content (AvgIpc) is 2.77. The Bertz CT molecular complexity index is 740. The number of methoxy groups -OCH3 is 2. The molecule has 2 aromatic rings. The number of aliphatic carboxylic acids is 2. The van der Waals surface area contributed by atoms with Crippen molar-refractivity contribution in [1.29, 1.82) is 0 Å². The van der Waals surface area contributed by atoms with Crippen molar-refractivity contribution in [3.63, 3.8) is 0 Å². The Hall–Kier alpha value is -3.22. The van der Waals surface area contributed by atoms with E-state index in [1.165, 1.54) is 0 Å². The second-order valence-electron chi connectivity index (χ2n) is 6.14. The van der Waals surface area contributed by atoms with Gasteiger partial charge in [-0.15, -0.1) is 0 Å². The number of carboxylic acids is 2. The van der Waals surface area contributed by atoms with Crippen LogP contribution in [0.1, 0.15) is 23.3 Å². The van der Waals surface area contributed by atoms with Crippen molar-refractivity contribution in [3.05, 3.63) is 59.7 Å². The molecule has 31 heavy (non-hydrogen) atoms. The first kappa shape index (κ1) is 27.8. The van der Waals surface area contributed by atoms with Crippen LogP contribution in [0.4, 0.5) is 0 Å². The molecule has 0 amide bonds. The largest absolute Gasteiger partial charge is 0.547 e. The molecule has 11 nitrogen and oxygen atoms in total. The van der Waals surface area contributed by atoms with E-state index in [0.717, 1.165) is 22.6 Å². The molecular formula is C20H27NO10. The van der Waals surface area contributed by atoms with Gasteiger partial charge in [0.05, 0.1) is 20.2 Å². The van der Waals surface area contributed by atoms with Crippen LogP contribution in [0.15, 0.2) is 48.5 Å². The SMILES string of the molecule is COc1ccc([C@@H]([NH3+])[C@@H](O)c2ccc(OC)cc2)cc1.O.O=C([O-])[C@H](O)[C@@H](O)C(=O)O. The number of aliphatic hydroxyl groups is 3. The fourth-order valence-electron chi connectivity index (χ4n) is 2.33. The topological polar surface area (TPSA) is 216 Å². The molecular weight excluding hydrogens is 414 g/mol. The molecule has 0 spiro atoms. The van der Waals surface area contributed by atoms with Gasteiger partial charge < -0.3 is 51.0 Å². The van der Waals surface area contributed by atoms with Crippen LogP contribution in [-0.2, 0) is 9.59 Å². The maximum atomic E-state index is 10.4. The summed E-state index contributed by atoms with van der Waals surface area (Å²) in [6.45, 7) is 0. The van der Waals surface area contributed by atoms with E-state index in [0.29, 0.717) is 0 Å². The molecule has 0 saturated carbocycles. The molecule has 11 heteroatoms. The minimum atomic E-state index is -2.38. The fraction of sp³-hybridized carbons (Fsp3) is 0.300. The van der Waals surface area contributed by atoms with Gasteiger partial charge in [-0.3, -0.25) is 0 Å². The van der Waals surface area contributed by atoms with Crippen molar-refractivity contribution in [1.82, 2.24) is 0 Å². The van der Waals surface area contributed by atoms with E-state index < -0.39 is 30.3 Å². The van der Waals surface area contributed by atoms with Crippen LogP contribution in [0, 0.1) is 0 Å². The third kappa shape index (κ3) is 8.20. The molecule has 172 valence electrons. The number of ether oxygens (including phenoxy) is 2. The quantitative estimate of drug-likeness (QED) is 0.291. The minimum absolute atomic E-state index is 0. The Morgan fingerprint density at radius 1 is 0.839 bits per heavy atom. The molecule has 0 fully saturated rings. The molecule has 0 bridgehead atoms. The zero-order valence-electron chi connectivity index (χ0n) is 17.0. The average molecular weight is 441 g/mol. The summed E-state index contributed by atoms with van der Waals surface area (Å²) < 4.78 is 10.2. The summed E-state index contributed by atoms with van der Waals surface area (Å²) in [6.07, 6.45) is -5.36. The highest BCUT2D eigenvalue weighted by molar-refractivity contribution is 5.82. The molecule has 0 aliphatic heterocycles. The third-order valence-electron chi connectivity index (χ3n) is 4.18. The van der Waals surface area contributed by atoms with Gasteiger partial charge in [-0.1, -0.05) is 12.1 Å². The van der Waals surface area contributed by atoms with Crippen molar-refractivity contribution in [2.24, 2.45) is 0 Å². The lowest BCUT2D eigenvalue weighted by Crippen LogP contribution is -2.56. The van der Waals surface area contributed by atoms with Gasteiger partial charge >= 0.3 is 5.97 Å². The van der Waals surface area contributed by atoms with Crippen LogP contribution < -0.4 is 20.3 Å². The van der Waals surface area contributed by atoms with Crippen molar-refractivity contribution >= 4 is 11.9 Å². The van der Waals surface area contributed by atoms with Gasteiger partial charge in [-0.25, -0.2) is 4.79 Å². The van der Waals surface area contributed by atoms with Crippen molar-refractivity contribution < 1.29 is 55.8 Å². The number of benzene rings is 2. The molecule has 0 aliphatic carbocycles. The van der Waals surface area contributed by atoms with Gasteiger partial charge in [0, 0.05) is 5.56 Å². The summed E-state index contributed by atoms with van der Waals surface area (Å²) in [5, 5.41) is 44.5. The van der Waals surface area contributed by atoms with Gasteiger partial charge in [0.25, 0.3) is 0 Å². The maximum absolute atomic E-state index is 10.4. The van der Waals surface area contributed by atoms with Gasteiger partial charge in [0.15, 0.2) is 6.10 Å². The minimum Gasteiger partial charge on any atom is -0.547 e. The Balaban J connectivity index is 0.000000701. The molecule has 0 unspecified atom stereocenters. The van der Waals surface area contributed by atoms with Crippen LogP contribution in [0.2, 0.25) is 0 Å². The molecule has 9 N–H and O–H groups in total. The van der Waals surface area contributed by atoms with Gasteiger partial charge in [0.2, 0.25) is 0 Å². The molecule has 2 aromatic carbocycles. The lowest BCUT2D eigenvalue weighted by Gasteiger charge is -2.17. The first-order chi connectivity index (χ1) is 14.1. The number of hydrogen-bond donors (Lipinski definition) is 5. The Labute approximate surface area is 178 Å². The number of aliphatic hydroxyl groups excluding tert-OH is 3.